The van der Waals surface area contributed by atoms with Crippen molar-refractivity contribution in [2.24, 2.45) is 0 Å². The molecular formula is C21H29N5O2. The van der Waals surface area contributed by atoms with E-state index in [-0.39, 0.29) is 5.91 Å². The van der Waals surface area contributed by atoms with E-state index < -0.39 is 0 Å². The van der Waals surface area contributed by atoms with E-state index in [2.05, 4.69) is 27.0 Å². The molecule has 1 aromatic carbocycles. The predicted octanol–water partition coefficient (Wildman–Crippen LogP) is 2.64. The van der Waals surface area contributed by atoms with Gasteiger partial charge in [0.2, 0.25) is 0 Å². The van der Waals surface area contributed by atoms with Crippen molar-refractivity contribution >= 4 is 23.1 Å². The Kier molecular flexibility index (Phi) is 6.23. The normalized spacial score (nSPS) is 14.1. The summed E-state index contributed by atoms with van der Waals surface area (Å²) in [5.74, 6) is 0.889. The summed E-state index contributed by atoms with van der Waals surface area (Å²) >= 11 is 0. The Balaban J connectivity index is 1.84. The van der Waals surface area contributed by atoms with Crippen molar-refractivity contribution in [3.63, 3.8) is 0 Å². The molecule has 0 bridgehead atoms. The molecule has 1 saturated heterocycles. The van der Waals surface area contributed by atoms with Crippen LogP contribution in [0.1, 0.15) is 23.7 Å². The van der Waals surface area contributed by atoms with Gasteiger partial charge < -0.3 is 25.1 Å². The van der Waals surface area contributed by atoms with Crippen molar-refractivity contribution in [2.75, 3.05) is 61.9 Å². The van der Waals surface area contributed by atoms with Crippen molar-refractivity contribution in [3.05, 3.63) is 42.1 Å². The highest BCUT2D eigenvalue weighted by molar-refractivity contribution is 6.04. The van der Waals surface area contributed by atoms with E-state index in [1.807, 2.05) is 24.3 Å². The highest BCUT2D eigenvalue weighted by atomic mass is 16.3. The molecule has 150 valence electrons. The standard InChI is InChI=1S/C21H29N5O2/c1-4-10-22-20-19(21(28)24(2)3)17(9-11-23-20)26-14-12-25(13-15-26)16-7-5-6-8-18(16)27/h5-9,11,27H,4,10,12-15H2,1-3H3,(H,22,23). The number of phenols is 1. The van der Waals surface area contributed by atoms with Crippen molar-refractivity contribution in [3.8, 4) is 5.75 Å². The third-order valence-electron chi connectivity index (χ3n) is 4.93. The molecule has 1 fully saturated rings. The summed E-state index contributed by atoms with van der Waals surface area (Å²) in [6, 6.07) is 9.33. The molecular weight excluding hydrogens is 354 g/mol. The first-order valence-electron chi connectivity index (χ1n) is 9.75. The van der Waals surface area contributed by atoms with Gasteiger partial charge in [0.25, 0.3) is 5.91 Å². The van der Waals surface area contributed by atoms with Crippen LogP contribution in [-0.2, 0) is 0 Å². The van der Waals surface area contributed by atoms with Crippen molar-refractivity contribution in [2.45, 2.75) is 13.3 Å². The van der Waals surface area contributed by atoms with Crippen LogP contribution in [0, 0.1) is 0 Å². The molecule has 1 aliphatic rings. The van der Waals surface area contributed by atoms with Gasteiger partial charge in [0.15, 0.2) is 0 Å². The van der Waals surface area contributed by atoms with Crippen molar-refractivity contribution in [1.29, 1.82) is 0 Å². The highest BCUT2D eigenvalue weighted by Gasteiger charge is 2.26. The Morgan fingerprint density at radius 2 is 1.75 bits per heavy atom. The van der Waals surface area contributed by atoms with Gasteiger partial charge >= 0.3 is 0 Å². The molecule has 0 saturated carbocycles. The summed E-state index contributed by atoms with van der Waals surface area (Å²) < 4.78 is 0. The van der Waals surface area contributed by atoms with E-state index in [9.17, 15) is 9.90 Å². The molecule has 1 aliphatic heterocycles. The van der Waals surface area contributed by atoms with Gasteiger partial charge in [-0.15, -0.1) is 0 Å². The second-order valence-electron chi connectivity index (χ2n) is 7.14. The van der Waals surface area contributed by atoms with Crippen LogP contribution in [0.2, 0.25) is 0 Å². The molecule has 7 nitrogen and oxygen atoms in total. The third-order valence-corrected chi connectivity index (χ3v) is 4.93. The SMILES string of the molecule is CCCNc1nccc(N2CCN(c3ccccc3O)CC2)c1C(=O)N(C)C. The lowest BCUT2D eigenvalue weighted by atomic mass is 10.1. The topological polar surface area (TPSA) is 71.9 Å². The van der Waals surface area contributed by atoms with Crippen molar-refractivity contribution in [1.82, 2.24) is 9.88 Å². The number of aromatic nitrogens is 1. The number of rotatable bonds is 6. The van der Waals surface area contributed by atoms with E-state index in [1.165, 1.54) is 0 Å². The average molecular weight is 383 g/mol. The lowest BCUT2D eigenvalue weighted by Gasteiger charge is -2.38. The number of anilines is 3. The van der Waals surface area contributed by atoms with E-state index >= 15 is 0 Å². The fourth-order valence-corrected chi connectivity index (χ4v) is 3.45. The van der Waals surface area contributed by atoms with Crippen LogP contribution in [0.4, 0.5) is 17.2 Å². The molecule has 0 radical (unpaired) electrons. The first-order chi connectivity index (χ1) is 13.5. The van der Waals surface area contributed by atoms with E-state index in [0.29, 0.717) is 17.1 Å². The summed E-state index contributed by atoms with van der Waals surface area (Å²) in [6.07, 6.45) is 2.72. The molecule has 28 heavy (non-hydrogen) atoms. The summed E-state index contributed by atoms with van der Waals surface area (Å²) in [7, 11) is 3.53. The maximum Gasteiger partial charge on any atom is 0.259 e. The second kappa shape index (κ2) is 8.82. The average Bonchev–Trinajstić information content (AvgIpc) is 2.72. The molecule has 0 unspecified atom stereocenters. The van der Waals surface area contributed by atoms with Gasteiger partial charge in [-0.25, -0.2) is 4.98 Å². The minimum Gasteiger partial charge on any atom is -0.506 e. The number of pyridine rings is 1. The number of carbonyl (C=O) groups is 1. The van der Waals surface area contributed by atoms with Gasteiger partial charge in [-0.1, -0.05) is 19.1 Å². The van der Waals surface area contributed by atoms with E-state index in [1.54, 1.807) is 31.3 Å². The molecule has 2 heterocycles. The zero-order valence-corrected chi connectivity index (χ0v) is 16.9. The Labute approximate surface area is 166 Å². The van der Waals surface area contributed by atoms with Gasteiger partial charge in [0.1, 0.15) is 17.1 Å². The van der Waals surface area contributed by atoms with Gasteiger partial charge in [-0.2, -0.15) is 0 Å². The van der Waals surface area contributed by atoms with E-state index in [4.69, 9.17) is 0 Å². The molecule has 7 heteroatoms. The van der Waals surface area contributed by atoms with Crippen LogP contribution in [0.15, 0.2) is 36.5 Å². The lowest BCUT2D eigenvalue weighted by molar-refractivity contribution is 0.0828. The maximum absolute atomic E-state index is 12.9. The number of nitrogens with one attached hydrogen (secondary N) is 1. The molecule has 0 aliphatic carbocycles. The van der Waals surface area contributed by atoms with Crippen LogP contribution >= 0.6 is 0 Å². The number of amides is 1. The van der Waals surface area contributed by atoms with Crippen LogP contribution in [0.3, 0.4) is 0 Å². The fourth-order valence-electron chi connectivity index (χ4n) is 3.45. The third kappa shape index (κ3) is 4.13. The first kappa shape index (κ1) is 19.8. The number of hydrogen-bond acceptors (Lipinski definition) is 6. The summed E-state index contributed by atoms with van der Waals surface area (Å²) in [5, 5.41) is 13.4. The minimum atomic E-state index is -0.0511. The van der Waals surface area contributed by atoms with Gasteiger partial charge in [0.05, 0.1) is 11.4 Å². The number of nitrogens with zero attached hydrogens (tertiary/aromatic N) is 4. The fraction of sp³-hybridized carbons (Fsp3) is 0.429. The van der Waals surface area contributed by atoms with Gasteiger partial charge in [-0.3, -0.25) is 4.79 Å². The predicted molar refractivity (Wildman–Crippen MR) is 114 cm³/mol. The van der Waals surface area contributed by atoms with Crippen LogP contribution in [-0.4, -0.2) is 67.7 Å². The number of aromatic hydroxyl groups is 1. The Hall–Kier alpha value is -2.96. The monoisotopic (exact) mass is 383 g/mol. The number of carbonyl (C=O) groups excluding carboxylic acids is 1. The van der Waals surface area contributed by atoms with E-state index in [0.717, 1.165) is 50.5 Å². The zero-order chi connectivity index (χ0) is 20.1. The lowest BCUT2D eigenvalue weighted by Crippen LogP contribution is -2.47. The summed E-state index contributed by atoms with van der Waals surface area (Å²) in [6.45, 7) is 5.92. The molecule has 3 rings (SSSR count). The molecule has 2 aromatic rings. The molecule has 2 N–H and O–H groups in total. The van der Waals surface area contributed by atoms with Crippen LogP contribution in [0.5, 0.6) is 5.75 Å². The maximum atomic E-state index is 12.9. The smallest absolute Gasteiger partial charge is 0.259 e. The largest absolute Gasteiger partial charge is 0.506 e. The molecule has 1 amide bonds. The zero-order valence-electron chi connectivity index (χ0n) is 16.9. The number of benzene rings is 1. The molecule has 0 spiro atoms. The quantitative estimate of drug-likeness (QED) is 0.799. The van der Waals surface area contributed by atoms with Gasteiger partial charge in [-0.05, 0) is 24.6 Å². The number of para-hydroxylation sites is 2. The Bertz CT molecular complexity index is 816. The Morgan fingerprint density at radius 1 is 1.11 bits per heavy atom. The second-order valence-corrected chi connectivity index (χ2v) is 7.14. The molecule has 1 aromatic heterocycles. The summed E-state index contributed by atoms with van der Waals surface area (Å²) in [4.78, 5) is 23.3. The highest BCUT2D eigenvalue weighted by Crippen LogP contribution is 2.31. The van der Waals surface area contributed by atoms with Crippen LogP contribution in [0.25, 0.3) is 0 Å². The molecule has 0 atom stereocenters. The van der Waals surface area contributed by atoms with Crippen molar-refractivity contribution < 1.29 is 9.90 Å². The summed E-state index contributed by atoms with van der Waals surface area (Å²) in [5.41, 5.74) is 2.38. The first-order valence-corrected chi connectivity index (χ1v) is 9.75. The number of hydrogen-bond donors (Lipinski definition) is 2. The van der Waals surface area contributed by atoms with Crippen LogP contribution < -0.4 is 15.1 Å². The Morgan fingerprint density at radius 3 is 2.36 bits per heavy atom. The minimum absolute atomic E-state index is 0.0511. The number of phenolic OH excluding ortho intramolecular Hbond substituents is 1. The van der Waals surface area contributed by atoms with Gasteiger partial charge in [0, 0.05) is 53.0 Å². The number of piperazine rings is 1.